The van der Waals surface area contributed by atoms with Crippen LogP contribution < -0.4 is 51.8 Å². The number of halogens is 2. The third-order valence-corrected chi connectivity index (χ3v) is 26.3. The molecule has 9 N–H and O–H groups in total. The Bertz CT molecular complexity index is 6660. The number of methoxy groups -OCH3 is 1. The zero-order valence-corrected chi connectivity index (χ0v) is 85.9. The van der Waals surface area contributed by atoms with Crippen LogP contribution in [0.3, 0.4) is 0 Å². The van der Waals surface area contributed by atoms with Gasteiger partial charge in [-0.2, -0.15) is 0 Å². The maximum absolute atomic E-state index is 13.0. The number of carboxylic acids is 2. The molecule has 754 valence electrons. The molecule has 16 rings (SSSR count). The minimum atomic E-state index is -1.13. The number of carbonyl (C=O) groups is 8. The van der Waals surface area contributed by atoms with Crippen LogP contribution in [0.2, 0.25) is 10.0 Å². The number of aliphatic carboxylic acids is 2. The van der Waals surface area contributed by atoms with Gasteiger partial charge in [0.15, 0.2) is 17.3 Å². The number of piperidine rings is 1. The van der Waals surface area contributed by atoms with Crippen LogP contribution in [0.1, 0.15) is 169 Å². The highest BCUT2D eigenvalue weighted by molar-refractivity contribution is 6.39. The van der Waals surface area contributed by atoms with E-state index >= 15 is 0 Å². The number of pyridine rings is 3. The fourth-order valence-electron chi connectivity index (χ4n) is 17.9. The Labute approximate surface area is 861 Å². The maximum Gasteiger partial charge on any atom is 0.326 e. The summed E-state index contributed by atoms with van der Waals surface area (Å²) in [6.45, 7) is 28.0. The molecule has 1 fully saturated rings. The Kier molecular flexibility index (Phi) is 37.7. The van der Waals surface area contributed by atoms with Crippen molar-refractivity contribution in [1.29, 1.82) is 0 Å². The van der Waals surface area contributed by atoms with Crippen molar-refractivity contribution in [2.45, 2.75) is 165 Å². The van der Waals surface area contributed by atoms with Crippen molar-refractivity contribution in [1.82, 2.24) is 56.4 Å². The molecule has 14 aromatic rings. The van der Waals surface area contributed by atoms with Gasteiger partial charge in [0.25, 0.3) is 23.6 Å². The maximum atomic E-state index is 13.0. The minimum absolute atomic E-state index is 0.0706. The number of hydrogen-bond donors (Lipinski definition) is 9. The number of nitrogens with zero attached hydrogens (tertiary/aromatic N) is 9. The largest absolute Gasteiger partial charge is 0.497 e. The lowest BCUT2D eigenvalue weighted by Crippen LogP contribution is -2.42. The van der Waals surface area contributed by atoms with Gasteiger partial charge in [0, 0.05) is 110 Å². The van der Waals surface area contributed by atoms with Gasteiger partial charge in [-0.25, -0.2) is 29.2 Å². The van der Waals surface area contributed by atoms with Crippen LogP contribution in [-0.4, -0.2) is 156 Å². The fraction of sp³-hybridized carbons (Fsp3) is 0.276. The smallest absolute Gasteiger partial charge is 0.326 e. The van der Waals surface area contributed by atoms with Gasteiger partial charge in [-0.05, 0) is 278 Å². The number of para-hydroxylation sites is 1. The summed E-state index contributed by atoms with van der Waals surface area (Å²) in [6, 6.07) is 70.0. The monoisotopic (exact) mass is 2000 g/mol. The molecule has 5 aromatic heterocycles. The second kappa shape index (κ2) is 51.3. The summed E-state index contributed by atoms with van der Waals surface area (Å²) >= 11 is 12.2. The van der Waals surface area contributed by atoms with Crippen molar-refractivity contribution in [2.24, 2.45) is 5.92 Å². The van der Waals surface area contributed by atoms with Crippen LogP contribution in [0.25, 0.3) is 22.6 Å². The molecule has 9 aromatic carbocycles. The van der Waals surface area contributed by atoms with E-state index in [0.29, 0.717) is 54.3 Å². The number of anilines is 5. The summed E-state index contributed by atoms with van der Waals surface area (Å²) in [5, 5.41) is 53.4. The van der Waals surface area contributed by atoms with Crippen molar-refractivity contribution in [3.63, 3.8) is 0 Å². The van der Waals surface area contributed by atoms with E-state index in [2.05, 4.69) is 95.6 Å². The van der Waals surface area contributed by atoms with E-state index in [1.54, 1.807) is 36.4 Å². The molecule has 2 aliphatic heterocycles. The SMILES string of the molecule is CC(=O)[C@H](Cc1ccc(-c2cc(CNc3cc(C)ccn3)no2)cc1)NC(=O)c1c(C)cc(C)cc1C.CC(=O)[C@H](Cc1ccc(-n2cc(CNc3cc(C)ccn3)nn2)cc1)NC(=O)c1c(C)cc(C)cc1C.COc1ccnc(NCC2CCN(c3ccc(CC(NC(=O)c4c(C)cccc4C)C(=O)O)cc3)CC2)c1.O=C(N[C@@H](Cc1ccc(C2=CCN(c3ccccc3)CC2)cc1)C(=O)O)c1c(Cl)cccc1Cl. The van der Waals surface area contributed by atoms with Crippen LogP contribution in [0.4, 0.5) is 28.8 Å². The molecule has 0 bridgehead atoms. The Balaban J connectivity index is 0.000000163. The highest BCUT2D eigenvalue weighted by atomic mass is 35.5. The van der Waals surface area contributed by atoms with Gasteiger partial charge in [0.1, 0.15) is 46.7 Å². The summed E-state index contributed by atoms with van der Waals surface area (Å²) in [5.74, 6) is 0.638. The lowest BCUT2D eigenvalue weighted by atomic mass is 9.96. The zero-order chi connectivity index (χ0) is 104. The van der Waals surface area contributed by atoms with Crippen molar-refractivity contribution < 1.29 is 57.8 Å². The topological polar surface area (TPSA) is 372 Å². The number of amides is 4. The molecule has 1 unspecified atom stereocenters. The number of ether oxygens (including phenoxy) is 1. The number of aryl methyl sites for hydroxylation is 10. The molecule has 0 radical (unpaired) electrons. The third kappa shape index (κ3) is 30.3. The predicted octanol–water partition coefficient (Wildman–Crippen LogP) is 20.1. The number of carboxylic acid groups (broad SMARTS) is 2. The number of benzene rings is 9. The number of rotatable bonds is 35. The number of aromatic nitrogens is 7. The quantitative estimate of drug-likeness (QED) is 0.0178. The first-order chi connectivity index (χ1) is 70.1. The number of nitrogens with one attached hydrogen (secondary N) is 7. The molecule has 30 heteroatoms. The molecular formula is C116H124Cl2N16O12. The Morgan fingerprint density at radius 2 is 0.849 bits per heavy atom. The molecule has 0 spiro atoms. The highest BCUT2D eigenvalue weighted by Crippen LogP contribution is 2.32. The third-order valence-electron chi connectivity index (χ3n) is 25.6. The van der Waals surface area contributed by atoms with Crippen LogP contribution in [-0.2, 0) is 58.0 Å². The van der Waals surface area contributed by atoms with E-state index in [4.69, 9.17) is 32.5 Å². The van der Waals surface area contributed by atoms with E-state index in [0.717, 1.165) is 187 Å². The highest BCUT2D eigenvalue weighted by Gasteiger charge is 2.30. The van der Waals surface area contributed by atoms with Crippen LogP contribution in [0.15, 0.2) is 266 Å². The average Bonchev–Trinajstić information content (AvgIpc) is 1.55. The molecule has 146 heavy (non-hydrogen) atoms. The minimum Gasteiger partial charge on any atom is -0.497 e. The molecule has 28 nitrogen and oxygen atoms in total. The van der Waals surface area contributed by atoms with E-state index in [1.165, 1.54) is 37.2 Å². The lowest BCUT2D eigenvalue weighted by Gasteiger charge is -2.34. The molecule has 4 atom stereocenters. The normalized spacial score (nSPS) is 13.0. The van der Waals surface area contributed by atoms with Crippen molar-refractivity contribution >= 4 is 105 Å². The average molecular weight is 2010 g/mol. The Morgan fingerprint density at radius 3 is 1.32 bits per heavy atom. The Morgan fingerprint density at radius 1 is 0.425 bits per heavy atom. The van der Waals surface area contributed by atoms with Crippen LogP contribution in [0, 0.1) is 75.2 Å². The standard InChI is InChI=1S/C30H36N4O4.C30H32N4O3.C29H32N6O2.C27H24Cl2N2O3/c1-20-5-4-6-21(2)28(20)29(35)33-26(30(36)37)17-22-7-9-24(10-8-22)34-15-12-23(13-16-34)19-32-27-18-25(38-3)11-14-31-27;1-18-10-11-31-28(14-18)32-17-25-16-27(37-34-25)24-8-6-23(7-9-24)15-26(22(5)35)33-30(36)29-20(3)12-19(2)13-21(29)4;1-18-10-11-30-27(14-18)31-16-24-17-35(34-33-24)25-8-6-23(7-9-25)15-26(22(5)36)32-29(37)28-20(3)12-19(2)13-21(28)4;28-22-7-4-8-23(29)25(22)26(32)30-24(27(33)34)17-18-9-11-19(12-10-18)20-13-15-31(16-14-20)21-5-2-1-3-6-21/h4-11,14,18,23,26H,12-13,15-17,19H2,1-3H3,(H,31,32)(H,33,35)(H,36,37);6-14,16,26H,15,17H2,1-5H3,(H,31,32)(H,33,36);6-14,17,26H,15-16H2,1-5H3,(H,30,31)(H,32,37);1-13,24H,14-17H2,(H,30,32)(H,33,34)/t;2*26-;24-/m.000/s1. The first-order valence-electron chi connectivity index (χ1n) is 48.6. The van der Waals surface area contributed by atoms with E-state index in [1.807, 2.05) is 276 Å². The number of carbonyl (C=O) groups excluding carboxylic acids is 6. The first kappa shape index (κ1) is 107. The summed E-state index contributed by atoms with van der Waals surface area (Å²) < 4.78 is 12.5. The molecule has 4 amide bonds. The van der Waals surface area contributed by atoms with Gasteiger partial charge in [0.05, 0.1) is 59.8 Å². The number of ketones is 2. The van der Waals surface area contributed by atoms with Gasteiger partial charge < -0.3 is 66.5 Å². The fourth-order valence-corrected chi connectivity index (χ4v) is 18.4. The summed E-state index contributed by atoms with van der Waals surface area (Å²) in [5.41, 5.74) is 23.2. The molecule has 1 saturated heterocycles. The van der Waals surface area contributed by atoms with Crippen molar-refractivity contribution in [3.05, 3.63) is 389 Å². The van der Waals surface area contributed by atoms with E-state index in [-0.39, 0.29) is 57.7 Å². The van der Waals surface area contributed by atoms with Crippen molar-refractivity contribution in [2.75, 3.05) is 65.6 Å². The molecular weight excluding hydrogens is 1880 g/mol. The Hall–Kier alpha value is -15.9. The molecule has 0 saturated carbocycles. The van der Waals surface area contributed by atoms with Crippen LogP contribution in [0.5, 0.6) is 5.75 Å². The van der Waals surface area contributed by atoms with E-state index < -0.39 is 42.0 Å². The second-order valence-corrected chi connectivity index (χ2v) is 37.9. The van der Waals surface area contributed by atoms with E-state index in [9.17, 15) is 48.6 Å². The predicted molar refractivity (Wildman–Crippen MR) is 574 cm³/mol. The summed E-state index contributed by atoms with van der Waals surface area (Å²) in [7, 11) is 1.65. The van der Waals surface area contributed by atoms with Gasteiger partial charge in [-0.15, -0.1) is 5.10 Å². The zero-order valence-electron chi connectivity index (χ0n) is 84.4. The number of Topliss-reactive ketones (excluding diaryl/α,β-unsaturated/α-hetero) is 2. The van der Waals surface area contributed by atoms with Gasteiger partial charge in [-0.3, -0.25) is 28.8 Å². The van der Waals surface area contributed by atoms with Crippen molar-refractivity contribution in [3.8, 4) is 22.8 Å². The number of hydrogen-bond acceptors (Lipinski definition) is 21. The first-order valence-corrected chi connectivity index (χ1v) is 49.3. The second-order valence-electron chi connectivity index (χ2n) is 37.1. The van der Waals surface area contributed by atoms with Gasteiger partial charge >= 0.3 is 11.9 Å². The lowest BCUT2D eigenvalue weighted by molar-refractivity contribution is -0.140. The van der Waals surface area contributed by atoms with Gasteiger partial charge in [-0.1, -0.05) is 190 Å². The van der Waals surface area contributed by atoms with Crippen LogP contribution >= 0.6 is 23.2 Å². The summed E-state index contributed by atoms with van der Waals surface area (Å²) in [4.78, 5) is 118. The van der Waals surface area contributed by atoms with Gasteiger partial charge in [0.2, 0.25) is 0 Å². The molecule has 7 heterocycles. The molecule has 0 aliphatic carbocycles. The molecule has 2 aliphatic rings. The summed E-state index contributed by atoms with van der Waals surface area (Å²) in [6.07, 6.45) is 13.6.